The van der Waals surface area contributed by atoms with Crippen molar-refractivity contribution in [3.05, 3.63) is 36.2 Å². The second-order valence-electron chi connectivity index (χ2n) is 7.80. The van der Waals surface area contributed by atoms with Crippen LogP contribution < -0.4 is 10.5 Å². The van der Waals surface area contributed by atoms with Gasteiger partial charge >= 0.3 is 0 Å². The van der Waals surface area contributed by atoms with Crippen LogP contribution in [0.4, 0.5) is 0 Å². The smallest absolute Gasteiger partial charge is 0.163 e. The fraction of sp³-hybridized carbons (Fsp3) is 0.650. The molecule has 1 radical (unpaired) electrons. The van der Waals surface area contributed by atoms with E-state index in [-0.39, 0.29) is 6.10 Å². The highest BCUT2D eigenvalue weighted by atomic mass is 16.7. The van der Waals surface area contributed by atoms with Gasteiger partial charge in [-0.2, -0.15) is 0 Å². The lowest BCUT2D eigenvalue weighted by Gasteiger charge is -2.24. The number of aryl methyl sites for hydroxylation is 1. The second-order valence-corrected chi connectivity index (χ2v) is 7.80. The summed E-state index contributed by atoms with van der Waals surface area (Å²) in [4.78, 5) is 0. The molecule has 1 fully saturated rings. The minimum absolute atomic E-state index is 0.000675. The first-order valence-corrected chi connectivity index (χ1v) is 8.85. The lowest BCUT2D eigenvalue weighted by atomic mass is 9.82. The van der Waals surface area contributed by atoms with Gasteiger partial charge in [-0.3, -0.25) is 0 Å². The van der Waals surface area contributed by atoms with Gasteiger partial charge in [0.2, 0.25) is 0 Å². The Morgan fingerprint density at radius 3 is 2.58 bits per heavy atom. The molecule has 4 nitrogen and oxygen atoms in total. The number of benzene rings is 1. The molecule has 2 N–H and O–H groups in total. The Balaban J connectivity index is 1.74. The van der Waals surface area contributed by atoms with Gasteiger partial charge in [0.1, 0.15) is 18.5 Å². The molecule has 1 saturated heterocycles. The van der Waals surface area contributed by atoms with Gasteiger partial charge in [-0.05, 0) is 69.2 Å². The minimum atomic E-state index is -0.494. The summed E-state index contributed by atoms with van der Waals surface area (Å²) in [5.41, 5.74) is 7.19. The topological polar surface area (TPSA) is 53.7 Å². The zero-order valence-electron chi connectivity index (χ0n) is 15.5. The zero-order chi connectivity index (χ0) is 17.6. The molecule has 1 aliphatic rings. The van der Waals surface area contributed by atoms with Crippen LogP contribution in [0.15, 0.2) is 24.3 Å². The molecule has 2 rings (SSSR count). The molecule has 0 bridgehead atoms. The van der Waals surface area contributed by atoms with Gasteiger partial charge in [0.05, 0.1) is 6.61 Å². The first-order valence-electron chi connectivity index (χ1n) is 8.85. The monoisotopic (exact) mass is 334 g/mol. The van der Waals surface area contributed by atoms with Crippen LogP contribution in [0.3, 0.4) is 0 Å². The molecule has 24 heavy (non-hydrogen) atoms. The summed E-state index contributed by atoms with van der Waals surface area (Å²) in [7, 11) is 0. The Bertz CT molecular complexity index is 496. The molecule has 1 aromatic rings. The Hall–Kier alpha value is -1.10. The number of hydrogen-bond acceptors (Lipinski definition) is 4. The average Bonchev–Trinajstić information content (AvgIpc) is 2.89. The van der Waals surface area contributed by atoms with Crippen molar-refractivity contribution in [2.45, 2.75) is 58.8 Å². The van der Waals surface area contributed by atoms with E-state index in [0.717, 1.165) is 25.0 Å². The van der Waals surface area contributed by atoms with Crippen molar-refractivity contribution in [2.24, 2.45) is 11.1 Å². The van der Waals surface area contributed by atoms with E-state index >= 15 is 0 Å². The van der Waals surface area contributed by atoms with E-state index in [2.05, 4.69) is 32.4 Å². The molecule has 1 heterocycles. The summed E-state index contributed by atoms with van der Waals surface area (Å²) in [5.74, 6) is 0.384. The molecule has 0 aromatic heterocycles. The maximum atomic E-state index is 5.81. The summed E-state index contributed by atoms with van der Waals surface area (Å²) in [5, 5.41) is 0. The summed E-state index contributed by atoms with van der Waals surface area (Å²) in [6.45, 7) is 10.2. The highest BCUT2D eigenvalue weighted by Gasteiger charge is 2.32. The van der Waals surface area contributed by atoms with Crippen molar-refractivity contribution in [1.29, 1.82) is 0 Å². The van der Waals surface area contributed by atoms with Gasteiger partial charge in [0, 0.05) is 0 Å². The second kappa shape index (κ2) is 8.32. The molecule has 0 spiro atoms. The molecular weight excluding hydrogens is 302 g/mol. The Morgan fingerprint density at radius 2 is 2.00 bits per heavy atom. The predicted octanol–water partition coefficient (Wildman–Crippen LogP) is 3.73. The maximum Gasteiger partial charge on any atom is 0.163 e. The number of hydrogen-bond donors (Lipinski definition) is 1. The van der Waals surface area contributed by atoms with E-state index in [1.54, 1.807) is 0 Å². The third-order valence-electron chi connectivity index (χ3n) is 4.38. The van der Waals surface area contributed by atoms with Crippen molar-refractivity contribution in [3.63, 3.8) is 0 Å². The van der Waals surface area contributed by atoms with E-state index < -0.39 is 5.79 Å². The van der Waals surface area contributed by atoms with Crippen molar-refractivity contribution in [3.8, 4) is 5.75 Å². The molecule has 0 unspecified atom stereocenters. The van der Waals surface area contributed by atoms with Gasteiger partial charge in [-0.25, -0.2) is 0 Å². The van der Waals surface area contributed by atoms with Crippen LogP contribution in [-0.2, 0) is 15.9 Å². The highest BCUT2D eigenvalue weighted by molar-refractivity contribution is 5.27. The largest absolute Gasteiger partial charge is 0.491 e. The van der Waals surface area contributed by atoms with E-state index in [0.29, 0.717) is 25.2 Å². The van der Waals surface area contributed by atoms with Crippen LogP contribution in [0.25, 0.3) is 0 Å². The standard InChI is InChI=1S/C20H32NO3/c1-19(2,11-5-13-21)12-10-16-6-8-17(9-7-16)22-14-18-15-23-20(3,4)24-18/h5-9,18H,10-15,21H2,1-4H3/t18-/m1/s1. The molecule has 1 atom stereocenters. The fourth-order valence-corrected chi connectivity index (χ4v) is 2.85. The molecule has 1 aliphatic heterocycles. The third-order valence-corrected chi connectivity index (χ3v) is 4.38. The quantitative estimate of drug-likeness (QED) is 0.747. The summed E-state index contributed by atoms with van der Waals surface area (Å²) in [6, 6.07) is 8.37. The van der Waals surface area contributed by atoms with Gasteiger partial charge < -0.3 is 19.9 Å². The Labute approximate surface area is 146 Å². The van der Waals surface area contributed by atoms with Crippen LogP contribution >= 0.6 is 0 Å². The van der Waals surface area contributed by atoms with Crippen molar-refractivity contribution in [2.75, 3.05) is 19.8 Å². The van der Waals surface area contributed by atoms with Gasteiger partial charge in [0.25, 0.3) is 0 Å². The number of nitrogens with two attached hydrogens (primary N) is 1. The van der Waals surface area contributed by atoms with Crippen LogP contribution in [0.1, 0.15) is 46.1 Å². The van der Waals surface area contributed by atoms with E-state index in [1.165, 1.54) is 5.56 Å². The fourth-order valence-electron chi connectivity index (χ4n) is 2.85. The zero-order valence-corrected chi connectivity index (χ0v) is 15.5. The van der Waals surface area contributed by atoms with Crippen LogP contribution in [0.2, 0.25) is 0 Å². The molecule has 0 aliphatic carbocycles. The molecule has 1 aromatic carbocycles. The first-order chi connectivity index (χ1) is 11.3. The number of ether oxygens (including phenoxy) is 3. The lowest BCUT2D eigenvalue weighted by Crippen LogP contribution is -2.25. The van der Waals surface area contributed by atoms with Crippen LogP contribution in [-0.4, -0.2) is 31.6 Å². The molecule has 135 valence electrons. The van der Waals surface area contributed by atoms with E-state index in [1.807, 2.05) is 26.0 Å². The SMILES string of the molecule is CC(C)(C[CH]CN)CCc1ccc(OC[C@@H]2COC(C)(C)O2)cc1. The minimum Gasteiger partial charge on any atom is -0.491 e. The van der Waals surface area contributed by atoms with Gasteiger partial charge in [-0.1, -0.05) is 26.0 Å². The normalized spacial score (nSPS) is 20.3. The first kappa shape index (κ1) is 19.2. The van der Waals surface area contributed by atoms with E-state index in [4.69, 9.17) is 19.9 Å². The third kappa shape index (κ3) is 6.42. The molecule has 0 amide bonds. The maximum absolute atomic E-state index is 5.81. The summed E-state index contributed by atoms with van der Waals surface area (Å²) >= 11 is 0. The Morgan fingerprint density at radius 1 is 1.29 bits per heavy atom. The highest BCUT2D eigenvalue weighted by Crippen LogP contribution is 2.28. The summed E-state index contributed by atoms with van der Waals surface area (Å²) in [6.07, 6.45) is 5.43. The Kier molecular flexibility index (Phi) is 6.67. The van der Waals surface area contributed by atoms with Crippen molar-refractivity contribution >= 4 is 0 Å². The lowest BCUT2D eigenvalue weighted by molar-refractivity contribution is -0.141. The summed E-state index contributed by atoms with van der Waals surface area (Å²) < 4.78 is 17.1. The number of rotatable bonds is 9. The van der Waals surface area contributed by atoms with Gasteiger partial charge in [-0.15, -0.1) is 0 Å². The molecular formula is C20H32NO3. The average molecular weight is 334 g/mol. The van der Waals surface area contributed by atoms with Crippen molar-refractivity contribution < 1.29 is 14.2 Å². The van der Waals surface area contributed by atoms with Gasteiger partial charge in [0.15, 0.2) is 5.79 Å². The predicted molar refractivity (Wildman–Crippen MR) is 96.9 cm³/mol. The van der Waals surface area contributed by atoms with Crippen LogP contribution in [0.5, 0.6) is 5.75 Å². The van der Waals surface area contributed by atoms with E-state index in [9.17, 15) is 0 Å². The van der Waals surface area contributed by atoms with Crippen molar-refractivity contribution in [1.82, 2.24) is 0 Å². The van der Waals surface area contributed by atoms with Crippen LogP contribution in [0, 0.1) is 11.8 Å². The molecule has 0 saturated carbocycles. The molecule has 4 heteroatoms.